The number of hydrogen-bond donors (Lipinski definition) is 1. The van der Waals surface area contributed by atoms with Crippen molar-refractivity contribution in [3.05, 3.63) is 22.2 Å². The number of methoxy groups -OCH3 is 2. The molecule has 0 spiro atoms. The molecule has 0 aromatic heterocycles. The van der Waals surface area contributed by atoms with Crippen LogP contribution in [0.4, 0.5) is 0 Å². The van der Waals surface area contributed by atoms with E-state index in [0.29, 0.717) is 5.54 Å². The molecule has 4 saturated carbocycles. The van der Waals surface area contributed by atoms with Crippen LogP contribution in [-0.2, 0) is 6.54 Å². The Balaban J connectivity index is 1.52. The average molecular weight is 380 g/mol. The topological polar surface area (TPSA) is 30.5 Å². The van der Waals surface area contributed by atoms with Crippen LogP contribution in [0.5, 0.6) is 11.5 Å². The Labute approximate surface area is 147 Å². The lowest BCUT2D eigenvalue weighted by Crippen LogP contribution is -2.58. The molecule has 23 heavy (non-hydrogen) atoms. The van der Waals surface area contributed by atoms with E-state index >= 15 is 0 Å². The lowest BCUT2D eigenvalue weighted by Gasteiger charge is -2.57. The molecule has 0 radical (unpaired) electrons. The van der Waals surface area contributed by atoms with Gasteiger partial charge in [-0.05, 0) is 78.3 Å². The van der Waals surface area contributed by atoms with Crippen molar-refractivity contribution in [3.63, 3.8) is 0 Å². The van der Waals surface area contributed by atoms with E-state index in [9.17, 15) is 0 Å². The molecule has 4 heteroatoms. The molecule has 126 valence electrons. The van der Waals surface area contributed by atoms with Gasteiger partial charge in [0.15, 0.2) is 0 Å². The van der Waals surface area contributed by atoms with Gasteiger partial charge >= 0.3 is 0 Å². The Morgan fingerprint density at radius 2 is 1.57 bits per heavy atom. The second kappa shape index (κ2) is 5.96. The standard InChI is InChI=1S/C19H26BrNO2/c1-22-17-7-18(23-2)16(20)6-15(17)11-21-19-8-12-3-13(9-19)5-14(4-12)10-19/h6-7,12-14,21H,3-5,8-11H2,1-2H3. The monoisotopic (exact) mass is 379 g/mol. The van der Waals surface area contributed by atoms with Gasteiger partial charge in [-0.3, -0.25) is 0 Å². The highest BCUT2D eigenvalue weighted by atomic mass is 79.9. The minimum absolute atomic E-state index is 0.381. The number of halogens is 1. The number of benzene rings is 1. The second-order valence-corrected chi connectivity index (χ2v) is 8.70. The van der Waals surface area contributed by atoms with Gasteiger partial charge in [0.25, 0.3) is 0 Å². The summed E-state index contributed by atoms with van der Waals surface area (Å²) in [6, 6.07) is 4.10. The van der Waals surface area contributed by atoms with E-state index < -0.39 is 0 Å². The zero-order chi connectivity index (χ0) is 16.0. The summed E-state index contributed by atoms with van der Waals surface area (Å²) < 4.78 is 11.9. The fourth-order valence-corrected chi connectivity index (χ4v) is 6.22. The van der Waals surface area contributed by atoms with Gasteiger partial charge in [0, 0.05) is 23.7 Å². The van der Waals surface area contributed by atoms with Crippen LogP contribution >= 0.6 is 15.9 Å². The summed E-state index contributed by atoms with van der Waals surface area (Å²) in [4.78, 5) is 0. The van der Waals surface area contributed by atoms with Gasteiger partial charge in [-0.25, -0.2) is 0 Å². The third-order valence-electron chi connectivity index (χ3n) is 6.25. The van der Waals surface area contributed by atoms with E-state index in [1.165, 1.54) is 44.1 Å². The van der Waals surface area contributed by atoms with E-state index in [0.717, 1.165) is 40.3 Å². The van der Waals surface area contributed by atoms with Crippen LogP contribution < -0.4 is 14.8 Å². The van der Waals surface area contributed by atoms with Crippen molar-refractivity contribution in [2.24, 2.45) is 17.8 Å². The fraction of sp³-hybridized carbons (Fsp3) is 0.684. The van der Waals surface area contributed by atoms with Gasteiger partial charge in [-0.2, -0.15) is 0 Å². The van der Waals surface area contributed by atoms with Crippen molar-refractivity contribution in [2.75, 3.05) is 14.2 Å². The quantitative estimate of drug-likeness (QED) is 0.815. The third kappa shape index (κ3) is 2.89. The molecule has 4 aliphatic rings. The van der Waals surface area contributed by atoms with E-state index in [4.69, 9.17) is 9.47 Å². The van der Waals surface area contributed by atoms with Crippen LogP contribution in [0.3, 0.4) is 0 Å². The molecule has 0 amide bonds. The van der Waals surface area contributed by atoms with E-state index in [1.807, 2.05) is 6.07 Å². The molecule has 0 heterocycles. The number of nitrogens with one attached hydrogen (secondary N) is 1. The predicted octanol–water partition coefficient (Wildman–Crippen LogP) is 4.52. The largest absolute Gasteiger partial charge is 0.496 e. The molecule has 1 aromatic carbocycles. The van der Waals surface area contributed by atoms with Crippen LogP contribution in [0.15, 0.2) is 16.6 Å². The van der Waals surface area contributed by atoms with Crippen molar-refractivity contribution in [2.45, 2.75) is 50.6 Å². The SMILES string of the molecule is COc1cc(OC)c(CNC23CC4CC(CC(C4)C2)C3)cc1Br. The Kier molecular flexibility index (Phi) is 4.09. The van der Waals surface area contributed by atoms with Gasteiger partial charge in [-0.1, -0.05) is 0 Å². The number of hydrogen-bond acceptors (Lipinski definition) is 3. The molecule has 4 bridgehead atoms. The lowest BCUT2D eigenvalue weighted by molar-refractivity contribution is -0.0206. The first-order chi connectivity index (χ1) is 11.1. The summed E-state index contributed by atoms with van der Waals surface area (Å²) >= 11 is 3.60. The van der Waals surface area contributed by atoms with Crippen LogP contribution in [-0.4, -0.2) is 19.8 Å². The Morgan fingerprint density at radius 1 is 1.00 bits per heavy atom. The number of rotatable bonds is 5. The summed E-state index contributed by atoms with van der Waals surface area (Å²) in [7, 11) is 3.42. The van der Waals surface area contributed by atoms with Crippen LogP contribution in [0, 0.1) is 17.8 Å². The smallest absolute Gasteiger partial charge is 0.136 e. The second-order valence-electron chi connectivity index (χ2n) is 7.85. The molecular formula is C19H26BrNO2. The molecule has 0 unspecified atom stereocenters. The molecule has 1 N–H and O–H groups in total. The summed E-state index contributed by atoms with van der Waals surface area (Å²) in [5, 5.41) is 3.94. The minimum Gasteiger partial charge on any atom is -0.496 e. The van der Waals surface area contributed by atoms with Crippen LogP contribution in [0.1, 0.15) is 44.1 Å². The van der Waals surface area contributed by atoms with Gasteiger partial charge in [0.1, 0.15) is 11.5 Å². The molecule has 5 rings (SSSR count). The predicted molar refractivity (Wildman–Crippen MR) is 95.0 cm³/mol. The van der Waals surface area contributed by atoms with Gasteiger partial charge in [-0.15, -0.1) is 0 Å². The van der Waals surface area contributed by atoms with Crippen LogP contribution in [0.2, 0.25) is 0 Å². The van der Waals surface area contributed by atoms with Crippen molar-refractivity contribution >= 4 is 15.9 Å². The Bertz CT molecular complexity index is 566. The highest BCUT2D eigenvalue weighted by molar-refractivity contribution is 9.10. The van der Waals surface area contributed by atoms with Gasteiger partial charge in [0.2, 0.25) is 0 Å². The maximum absolute atomic E-state index is 5.57. The molecule has 0 atom stereocenters. The molecule has 4 fully saturated rings. The zero-order valence-corrected chi connectivity index (χ0v) is 15.6. The Hall–Kier alpha value is -0.740. The van der Waals surface area contributed by atoms with E-state index in [-0.39, 0.29) is 0 Å². The van der Waals surface area contributed by atoms with Crippen molar-refractivity contribution < 1.29 is 9.47 Å². The van der Waals surface area contributed by atoms with Crippen molar-refractivity contribution in [1.29, 1.82) is 0 Å². The van der Waals surface area contributed by atoms with E-state index in [1.54, 1.807) is 14.2 Å². The minimum atomic E-state index is 0.381. The van der Waals surface area contributed by atoms with Crippen molar-refractivity contribution in [3.8, 4) is 11.5 Å². The average Bonchev–Trinajstić information content (AvgIpc) is 2.52. The first-order valence-electron chi connectivity index (χ1n) is 8.76. The lowest BCUT2D eigenvalue weighted by atomic mass is 9.53. The van der Waals surface area contributed by atoms with E-state index in [2.05, 4.69) is 27.3 Å². The molecule has 1 aromatic rings. The third-order valence-corrected chi connectivity index (χ3v) is 6.87. The molecule has 0 aliphatic heterocycles. The first-order valence-corrected chi connectivity index (χ1v) is 9.55. The highest BCUT2D eigenvalue weighted by Crippen LogP contribution is 2.55. The zero-order valence-electron chi connectivity index (χ0n) is 14.0. The maximum Gasteiger partial charge on any atom is 0.136 e. The summed E-state index contributed by atoms with van der Waals surface area (Å²) in [6.07, 6.45) is 8.57. The first kappa shape index (κ1) is 15.8. The van der Waals surface area contributed by atoms with Gasteiger partial charge in [0.05, 0.1) is 18.7 Å². The van der Waals surface area contributed by atoms with Gasteiger partial charge < -0.3 is 14.8 Å². The molecule has 3 nitrogen and oxygen atoms in total. The molecule has 0 saturated heterocycles. The van der Waals surface area contributed by atoms with Crippen molar-refractivity contribution in [1.82, 2.24) is 5.32 Å². The maximum atomic E-state index is 5.57. The summed E-state index contributed by atoms with van der Waals surface area (Å²) in [5.41, 5.74) is 1.59. The summed E-state index contributed by atoms with van der Waals surface area (Å²) in [5.74, 6) is 4.64. The molecule has 4 aliphatic carbocycles. The number of ether oxygens (including phenoxy) is 2. The normalized spacial score (nSPS) is 34.7. The summed E-state index contributed by atoms with van der Waals surface area (Å²) in [6.45, 7) is 0.873. The highest BCUT2D eigenvalue weighted by Gasteiger charge is 2.50. The Morgan fingerprint density at radius 3 is 2.09 bits per heavy atom. The fourth-order valence-electron chi connectivity index (χ4n) is 5.67. The van der Waals surface area contributed by atoms with Crippen LogP contribution in [0.25, 0.3) is 0 Å². The molecular weight excluding hydrogens is 354 g/mol.